The Morgan fingerprint density at radius 2 is 1.48 bits per heavy atom. The van der Waals surface area contributed by atoms with Crippen molar-refractivity contribution in [3.63, 3.8) is 0 Å². The highest BCUT2D eigenvalue weighted by Crippen LogP contribution is 2.31. The average molecular weight is 331 g/mol. The Hall–Kier alpha value is -1.67. The van der Waals surface area contributed by atoms with E-state index in [1.54, 1.807) is 20.8 Å². The number of rotatable bonds is 8. The van der Waals surface area contributed by atoms with E-state index in [4.69, 9.17) is 18.9 Å². The molecule has 0 saturated carbocycles. The van der Waals surface area contributed by atoms with E-state index in [9.17, 15) is 14.4 Å². The second-order valence-corrected chi connectivity index (χ2v) is 4.97. The lowest BCUT2D eigenvalue weighted by molar-refractivity contribution is -0.187. The summed E-state index contributed by atoms with van der Waals surface area (Å²) in [5.74, 6) is -2.90. The quantitative estimate of drug-likeness (QED) is 0.378. The van der Waals surface area contributed by atoms with E-state index < -0.39 is 29.4 Å². The van der Waals surface area contributed by atoms with Crippen LogP contribution in [-0.2, 0) is 33.3 Å². The number of ether oxygens (including phenoxy) is 4. The maximum atomic E-state index is 12.5. The minimum Gasteiger partial charge on any atom is -0.465 e. The Morgan fingerprint density at radius 1 is 1.00 bits per heavy atom. The lowest BCUT2D eigenvalue weighted by atomic mass is 9.81. The van der Waals surface area contributed by atoms with Crippen LogP contribution in [0.4, 0.5) is 0 Å². The number of nitrogens with one attached hydrogen (secondary N) is 1. The monoisotopic (exact) mass is 331 g/mol. The van der Waals surface area contributed by atoms with E-state index in [2.05, 4.69) is 5.32 Å². The van der Waals surface area contributed by atoms with Gasteiger partial charge in [0.1, 0.15) is 0 Å². The molecule has 0 aromatic heterocycles. The van der Waals surface area contributed by atoms with Gasteiger partial charge in [-0.1, -0.05) is 0 Å². The summed E-state index contributed by atoms with van der Waals surface area (Å²) in [4.78, 5) is 37.4. The largest absolute Gasteiger partial charge is 0.465 e. The first kappa shape index (κ1) is 19.4. The van der Waals surface area contributed by atoms with Crippen molar-refractivity contribution in [2.75, 3.05) is 39.5 Å². The molecule has 0 aliphatic carbocycles. The summed E-state index contributed by atoms with van der Waals surface area (Å²) in [6.07, 6.45) is -0.682. The zero-order valence-electron chi connectivity index (χ0n) is 13.9. The number of morpholine rings is 1. The number of hydrogen-bond acceptors (Lipinski definition) is 8. The van der Waals surface area contributed by atoms with Gasteiger partial charge < -0.3 is 24.3 Å². The van der Waals surface area contributed by atoms with Crippen LogP contribution < -0.4 is 5.32 Å². The molecule has 0 radical (unpaired) electrons. The van der Waals surface area contributed by atoms with Crippen LogP contribution in [0.5, 0.6) is 0 Å². The number of carbonyl (C=O) groups is 3. The van der Waals surface area contributed by atoms with Gasteiger partial charge in [-0.05, 0) is 20.8 Å². The fourth-order valence-electron chi connectivity index (χ4n) is 2.36. The van der Waals surface area contributed by atoms with E-state index in [0.717, 1.165) is 0 Å². The molecule has 1 N–H and O–H groups in total. The highest BCUT2D eigenvalue weighted by atomic mass is 16.6. The fraction of sp³-hybridized carbons (Fsp3) is 0.800. The predicted molar refractivity (Wildman–Crippen MR) is 79.6 cm³/mol. The maximum Gasteiger partial charge on any atom is 0.335 e. The van der Waals surface area contributed by atoms with Crippen LogP contribution in [0.15, 0.2) is 0 Å². The standard InChI is InChI=1S/C15H25NO7/c1-4-20-12(17)15(13(18)21-5-2,14(19)22-6-3)9-11-10-16-7-8-23-11/h11,16H,4-10H2,1-3H3/t11-/m0/s1. The third-order valence-electron chi connectivity index (χ3n) is 3.41. The number of hydrogen-bond donors (Lipinski definition) is 1. The Labute approximate surface area is 135 Å². The van der Waals surface area contributed by atoms with E-state index in [0.29, 0.717) is 19.7 Å². The molecule has 0 amide bonds. The van der Waals surface area contributed by atoms with Crippen LogP contribution in [0.3, 0.4) is 0 Å². The van der Waals surface area contributed by atoms with E-state index in [1.807, 2.05) is 0 Å². The van der Waals surface area contributed by atoms with Crippen molar-refractivity contribution >= 4 is 17.9 Å². The summed E-state index contributed by atoms with van der Waals surface area (Å²) in [6, 6.07) is 0. The molecule has 1 heterocycles. The molecule has 132 valence electrons. The molecule has 1 fully saturated rings. The molecule has 8 heteroatoms. The second kappa shape index (κ2) is 9.46. The van der Waals surface area contributed by atoms with Gasteiger partial charge in [-0.3, -0.25) is 14.4 Å². The normalized spacial score (nSPS) is 18.1. The molecule has 1 saturated heterocycles. The minimum atomic E-state index is -2.16. The van der Waals surface area contributed by atoms with E-state index >= 15 is 0 Å². The van der Waals surface area contributed by atoms with Gasteiger partial charge in [-0.15, -0.1) is 0 Å². The molecule has 1 aliphatic heterocycles. The molecule has 1 aliphatic rings. The summed E-state index contributed by atoms with van der Waals surface area (Å²) in [7, 11) is 0. The smallest absolute Gasteiger partial charge is 0.335 e. The van der Waals surface area contributed by atoms with Crippen molar-refractivity contribution in [1.29, 1.82) is 0 Å². The Kier molecular flexibility index (Phi) is 7.97. The summed E-state index contributed by atoms with van der Waals surface area (Å²) < 4.78 is 20.4. The first-order valence-electron chi connectivity index (χ1n) is 7.86. The van der Waals surface area contributed by atoms with Crippen LogP contribution in [-0.4, -0.2) is 63.5 Å². The lowest BCUT2D eigenvalue weighted by Gasteiger charge is -2.32. The summed E-state index contributed by atoms with van der Waals surface area (Å²) in [6.45, 7) is 6.39. The molecule has 0 aromatic carbocycles. The Morgan fingerprint density at radius 3 is 1.83 bits per heavy atom. The van der Waals surface area contributed by atoms with E-state index in [-0.39, 0.29) is 26.2 Å². The van der Waals surface area contributed by atoms with Gasteiger partial charge in [0, 0.05) is 19.5 Å². The molecular weight excluding hydrogens is 306 g/mol. The molecule has 23 heavy (non-hydrogen) atoms. The average Bonchev–Trinajstić information content (AvgIpc) is 2.54. The molecule has 8 nitrogen and oxygen atoms in total. The SMILES string of the molecule is CCOC(=O)C(C[C@H]1CNCCO1)(C(=O)OCC)C(=O)OCC. The number of carbonyl (C=O) groups excluding carboxylic acids is 3. The van der Waals surface area contributed by atoms with Gasteiger partial charge in [-0.25, -0.2) is 0 Å². The molecule has 0 aromatic rings. The summed E-state index contributed by atoms with van der Waals surface area (Å²) >= 11 is 0. The first-order chi connectivity index (χ1) is 11.0. The zero-order chi connectivity index (χ0) is 17.3. The Bertz CT molecular complexity index is 372. The third kappa shape index (κ3) is 4.65. The van der Waals surface area contributed by atoms with Gasteiger partial charge in [0.25, 0.3) is 5.41 Å². The topological polar surface area (TPSA) is 100 Å². The van der Waals surface area contributed by atoms with Crippen molar-refractivity contribution < 1.29 is 33.3 Å². The minimum absolute atomic E-state index is 0.0309. The number of esters is 3. The third-order valence-corrected chi connectivity index (χ3v) is 3.41. The Balaban J connectivity index is 3.16. The van der Waals surface area contributed by atoms with Gasteiger partial charge >= 0.3 is 17.9 Å². The van der Waals surface area contributed by atoms with Crippen LogP contribution in [0, 0.1) is 5.41 Å². The summed E-state index contributed by atoms with van der Waals surface area (Å²) in [5.41, 5.74) is -2.16. The lowest BCUT2D eigenvalue weighted by Crippen LogP contribution is -2.53. The van der Waals surface area contributed by atoms with E-state index in [1.165, 1.54) is 0 Å². The van der Waals surface area contributed by atoms with Crippen LogP contribution >= 0.6 is 0 Å². The fourth-order valence-corrected chi connectivity index (χ4v) is 2.36. The zero-order valence-corrected chi connectivity index (χ0v) is 13.9. The van der Waals surface area contributed by atoms with Crippen molar-refractivity contribution in [3.8, 4) is 0 Å². The van der Waals surface area contributed by atoms with Crippen LogP contribution in [0.2, 0.25) is 0 Å². The molecule has 1 rings (SSSR count). The van der Waals surface area contributed by atoms with Crippen molar-refractivity contribution in [1.82, 2.24) is 5.32 Å². The van der Waals surface area contributed by atoms with Gasteiger partial charge in [0.05, 0.1) is 32.5 Å². The van der Waals surface area contributed by atoms with Gasteiger partial charge in [0.15, 0.2) is 0 Å². The van der Waals surface area contributed by atoms with Crippen molar-refractivity contribution in [2.45, 2.75) is 33.3 Å². The maximum absolute atomic E-state index is 12.5. The highest BCUT2D eigenvalue weighted by Gasteiger charge is 2.58. The molecule has 0 bridgehead atoms. The predicted octanol–water partition coefficient (Wildman–Crippen LogP) is 0.0406. The van der Waals surface area contributed by atoms with Crippen LogP contribution in [0.1, 0.15) is 27.2 Å². The molecule has 0 unspecified atom stereocenters. The highest BCUT2D eigenvalue weighted by molar-refractivity contribution is 6.18. The summed E-state index contributed by atoms with van der Waals surface area (Å²) in [5, 5.41) is 3.09. The first-order valence-corrected chi connectivity index (χ1v) is 7.86. The van der Waals surface area contributed by atoms with Crippen LogP contribution in [0.25, 0.3) is 0 Å². The van der Waals surface area contributed by atoms with Crippen molar-refractivity contribution in [3.05, 3.63) is 0 Å². The van der Waals surface area contributed by atoms with Crippen molar-refractivity contribution in [2.24, 2.45) is 5.41 Å². The van der Waals surface area contributed by atoms with Gasteiger partial charge in [-0.2, -0.15) is 0 Å². The second-order valence-electron chi connectivity index (χ2n) is 4.97. The van der Waals surface area contributed by atoms with Gasteiger partial charge in [0.2, 0.25) is 0 Å². The molecule has 0 spiro atoms. The molecular formula is C15H25NO7. The molecule has 1 atom stereocenters.